The van der Waals surface area contributed by atoms with Crippen LogP contribution in [0.1, 0.15) is 17.5 Å². The normalized spacial score (nSPS) is 23.6. The smallest absolute Gasteiger partial charge is 0.317 e. The zero-order valence-corrected chi connectivity index (χ0v) is 12.7. The molecule has 1 aromatic carbocycles. The van der Waals surface area contributed by atoms with Crippen LogP contribution in [0.2, 0.25) is 0 Å². The van der Waals surface area contributed by atoms with Crippen molar-refractivity contribution >= 4 is 15.9 Å². The van der Waals surface area contributed by atoms with Crippen LogP contribution in [0.4, 0.5) is 4.79 Å². The topological polar surface area (TPSA) is 66.5 Å². The molecule has 1 fully saturated rings. The maximum Gasteiger partial charge on any atom is 0.317 e. The van der Waals surface area contributed by atoms with E-state index >= 15 is 0 Å². The van der Waals surface area contributed by atoms with Gasteiger partial charge in [0.15, 0.2) is 9.84 Å². The van der Waals surface area contributed by atoms with Crippen LogP contribution in [0, 0.1) is 5.92 Å². The fourth-order valence-electron chi connectivity index (χ4n) is 3.05. The highest BCUT2D eigenvalue weighted by atomic mass is 32.2. The number of hydrogen-bond donors (Lipinski definition) is 1. The maximum absolute atomic E-state index is 12.2. The standard InChI is InChI=1S/C15H20N2O3S/c18-15(16-9-12-6-8-21(19,20)11-12)17-7-5-13-3-1-2-4-14(13)10-17/h1-4,12H,5-11H2,(H,16,18)/t12-/m1/s1. The monoisotopic (exact) mass is 308 g/mol. The molecule has 2 heterocycles. The largest absolute Gasteiger partial charge is 0.338 e. The van der Waals surface area contributed by atoms with E-state index in [1.807, 2.05) is 12.1 Å². The number of fused-ring (bicyclic) bond motifs is 1. The number of nitrogens with one attached hydrogen (secondary N) is 1. The lowest BCUT2D eigenvalue weighted by Gasteiger charge is -2.29. The number of carbonyl (C=O) groups is 1. The molecule has 0 unspecified atom stereocenters. The summed E-state index contributed by atoms with van der Waals surface area (Å²) in [5.74, 6) is 0.525. The predicted octanol–water partition coefficient (Wildman–Crippen LogP) is 1.19. The molecule has 5 nitrogen and oxygen atoms in total. The van der Waals surface area contributed by atoms with Crippen LogP contribution in [-0.4, -0.2) is 43.9 Å². The first-order valence-corrected chi connectivity index (χ1v) is 9.15. The van der Waals surface area contributed by atoms with Crippen LogP contribution in [-0.2, 0) is 22.8 Å². The van der Waals surface area contributed by atoms with Crippen molar-refractivity contribution in [2.45, 2.75) is 19.4 Å². The minimum atomic E-state index is -2.87. The Kier molecular flexibility index (Phi) is 3.89. The predicted molar refractivity (Wildman–Crippen MR) is 80.7 cm³/mol. The van der Waals surface area contributed by atoms with E-state index in [1.54, 1.807) is 4.90 Å². The average molecular weight is 308 g/mol. The molecule has 0 aliphatic carbocycles. The molecule has 2 aliphatic heterocycles. The second-order valence-corrected chi connectivity index (χ2v) is 8.12. The van der Waals surface area contributed by atoms with Crippen LogP contribution >= 0.6 is 0 Å². The highest BCUT2D eigenvalue weighted by molar-refractivity contribution is 7.91. The molecular weight excluding hydrogens is 288 g/mol. The van der Waals surface area contributed by atoms with Crippen molar-refractivity contribution in [3.05, 3.63) is 35.4 Å². The van der Waals surface area contributed by atoms with Gasteiger partial charge in [-0.25, -0.2) is 13.2 Å². The Morgan fingerprint density at radius 2 is 2.05 bits per heavy atom. The molecule has 1 aromatic rings. The van der Waals surface area contributed by atoms with Crippen molar-refractivity contribution < 1.29 is 13.2 Å². The Labute approximate surface area is 125 Å². The van der Waals surface area contributed by atoms with E-state index in [0.29, 0.717) is 26.1 Å². The van der Waals surface area contributed by atoms with Gasteiger partial charge in [-0.15, -0.1) is 0 Å². The molecule has 6 heteroatoms. The van der Waals surface area contributed by atoms with E-state index < -0.39 is 9.84 Å². The van der Waals surface area contributed by atoms with E-state index in [9.17, 15) is 13.2 Å². The van der Waals surface area contributed by atoms with Crippen molar-refractivity contribution in [2.75, 3.05) is 24.6 Å². The van der Waals surface area contributed by atoms with Gasteiger partial charge >= 0.3 is 6.03 Å². The van der Waals surface area contributed by atoms with Crippen LogP contribution in [0.3, 0.4) is 0 Å². The summed E-state index contributed by atoms with van der Waals surface area (Å²) in [5.41, 5.74) is 2.51. The summed E-state index contributed by atoms with van der Waals surface area (Å²) in [5, 5.41) is 2.89. The molecule has 1 N–H and O–H groups in total. The zero-order valence-electron chi connectivity index (χ0n) is 11.9. The van der Waals surface area contributed by atoms with Crippen LogP contribution in [0.25, 0.3) is 0 Å². The second-order valence-electron chi connectivity index (χ2n) is 5.90. The SMILES string of the molecule is O=C(NC[C@H]1CCS(=O)(=O)C1)N1CCc2ccccc2C1. The third kappa shape index (κ3) is 3.37. The van der Waals surface area contributed by atoms with Gasteiger partial charge in [0.1, 0.15) is 0 Å². The van der Waals surface area contributed by atoms with Crippen molar-refractivity contribution in [2.24, 2.45) is 5.92 Å². The quantitative estimate of drug-likeness (QED) is 0.892. The molecule has 2 amide bonds. The van der Waals surface area contributed by atoms with Crippen molar-refractivity contribution in [1.82, 2.24) is 10.2 Å². The van der Waals surface area contributed by atoms with Gasteiger partial charge in [-0.2, -0.15) is 0 Å². The van der Waals surface area contributed by atoms with E-state index in [-0.39, 0.29) is 23.5 Å². The molecule has 0 aromatic heterocycles. The lowest BCUT2D eigenvalue weighted by atomic mass is 10.0. The molecule has 1 atom stereocenters. The van der Waals surface area contributed by atoms with Gasteiger partial charge in [0.25, 0.3) is 0 Å². The number of carbonyl (C=O) groups excluding carboxylic acids is 1. The summed E-state index contributed by atoms with van der Waals surface area (Å²) in [7, 11) is -2.87. The maximum atomic E-state index is 12.2. The summed E-state index contributed by atoms with van der Waals surface area (Å²) in [6, 6.07) is 8.08. The Hall–Kier alpha value is -1.56. The number of rotatable bonds is 2. The number of hydrogen-bond acceptors (Lipinski definition) is 3. The van der Waals surface area contributed by atoms with Crippen molar-refractivity contribution in [1.29, 1.82) is 0 Å². The Morgan fingerprint density at radius 3 is 2.76 bits per heavy atom. The summed E-state index contributed by atoms with van der Waals surface area (Å²) in [6.07, 6.45) is 1.53. The van der Waals surface area contributed by atoms with Crippen LogP contribution in [0.15, 0.2) is 24.3 Å². The highest BCUT2D eigenvalue weighted by Crippen LogP contribution is 2.19. The Bertz CT molecular complexity index is 642. The Morgan fingerprint density at radius 1 is 1.29 bits per heavy atom. The van der Waals surface area contributed by atoms with Gasteiger partial charge in [0, 0.05) is 19.6 Å². The number of nitrogens with zero attached hydrogens (tertiary/aromatic N) is 1. The first kappa shape index (κ1) is 14.4. The fourth-order valence-corrected chi connectivity index (χ4v) is 4.91. The molecule has 0 saturated carbocycles. The second kappa shape index (κ2) is 5.67. The number of sulfone groups is 1. The molecule has 1 saturated heterocycles. The van der Waals surface area contributed by atoms with Crippen molar-refractivity contribution in [3.8, 4) is 0 Å². The van der Waals surface area contributed by atoms with Crippen molar-refractivity contribution in [3.63, 3.8) is 0 Å². The average Bonchev–Trinajstić information content (AvgIpc) is 2.83. The lowest BCUT2D eigenvalue weighted by Crippen LogP contribution is -2.44. The molecule has 0 bridgehead atoms. The highest BCUT2D eigenvalue weighted by Gasteiger charge is 2.28. The lowest BCUT2D eigenvalue weighted by molar-refractivity contribution is 0.191. The molecular formula is C15H20N2O3S. The fraction of sp³-hybridized carbons (Fsp3) is 0.533. The summed E-state index contributed by atoms with van der Waals surface area (Å²) < 4.78 is 22.8. The zero-order chi connectivity index (χ0) is 14.9. The van der Waals surface area contributed by atoms with Gasteiger partial charge in [-0.1, -0.05) is 24.3 Å². The van der Waals surface area contributed by atoms with Gasteiger partial charge < -0.3 is 10.2 Å². The van der Waals surface area contributed by atoms with Gasteiger partial charge in [0.05, 0.1) is 11.5 Å². The summed E-state index contributed by atoms with van der Waals surface area (Å²) >= 11 is 0. The number of urea groups is 1. The minimum Gasteiger partial charge on any atom is -0.338 e. The number of benzene rings is 1. The molecule has 0 spiro atoms. The van der Waals surface area contributed by atoms with Crippen LogP contribution < -0.4 is 5.32 Å². The van der Waals surface area contributed by atoms with Gasteiger partial charge in [-0.3, -0.25) is 0 Å². The molecule has 114 valence electrons. The molecule has 0 radical (unpaired) electrons. The third-order valence-corrected chi connectivity index (χ3v) is 6.12. The third-order valence-electron chi connectivity index (χ3n) is 4.29. The Balaban J connectivity index is 1.53. The number of amides is 2. The molecule has 21 heavy (non-hydrogen) atoms. The van der Waals surface area contributed by atoms with E-state index in [1.165, 1.54) is 11.1 Å². The molecule has 3 rings (SSSR count). The summed E-state index contributed by atoms with van der Waals surface area (Å²) in [6.45, 7) is 1.80. The van der Waals surface area contributed by atoms with Gasteiger partial charge in [0.2, 0.25) is 0 Å². The van der Waals surface area contributed by atoms with Crippen LogP contribution in [0.5, 0.6) is 0 Å². The van der Waals surface area contributed by atoms with E-state index in [2.05, 4.69) is 17.4 Å². The first-order chi connectivity index (χ1) is 10.0. The van der Waals surface area contributed by atoms with E-state index in [0.717, 1.165) is 6.42 Å². The van der Waals surface area contributed by atoms with Gasteiger partial charge in [-0.05, 0) is 29.9 Å². The molecule has 2 aliphatic rings. The first-order valence-electron chi connectivity index (χ1n) is 7.33. The van der Waals surface area contributed by atoms with E-state index in [4.69, 9.17) is 0 Å². The summed E-state index contributed by atoms with van der Waals surface area (Å²) in [4.78, 5) is 14.0. The minimum absolute atomic E-state index is 0.0658.